The van der Waals surface area contributed by atoms with Crippen LogP contribution >= 0.6 is 11.6 Å². The first-order valence-electron chi connectivity index (χ1n) is 7.06. The van der Waals surface area contributed by atoms with Gasteiger partial charge in [-0.3, -0.25) is 0 Å². The molecule has 1 atom stereocenters. The summed E-state index contributed by atoms with van der Waals surface area (Å²) in [4.78, 5) is 13.4. The van der Waals surface area contributed by atoms with Crippen molar-refractivity contribution in [3.8, 4) is 5.75 Å². The zero-order valence-corrected chi connectivity index (χ0v) is 12.9. The minimum atomic E-state index is -0.938. The number of fused-ring (bicyclic) bond motifs is 1. The average Bonchev–Trinajstić information content (AvgIpc) is 2.51. The summed E-state index contributed by atoms with van der Waals surface area (Å²) in [6.07, 6.45) is 0. The lowest BCUT2D eigenvalue weighted by Gasteiger charge is -2.37. The number of halogens is 1. The Kier molecular flexibility index (Phi) is 3.94. The number of aromatic carboxylic acids is 1. The van der Waals surface area contributed by atoms with Gasteiger partial charge in [0.15, 0.2) is 0 Å². The molecule has 0 saturated heterocycles. The van der Waals surface area contributed by atoms with Crippen molar-refractivity contribution in [1.29, 1.82) is 0 Å². The molecule has 114 valence electrons. The summed E-state index contributed by atoms with van der Waals surface area (Å²) >= 11 is 5.92. The molecule has 5 heteroatoms. The van der Waals surface area contributed by atoms with Crippen LogP contribution in [0, 0.1) is 0 Å². The zero-order valence-electron chi connectivity index (χ0n) is 12.1. The molecule has 2 aromatic rings. The number of carboxylic acid groups (broad SMARTS) is 1. The maximum absolute atomic E-state index is 11.2. The maximum atomic E-state index is 11.2. The molecule has 0 aliphatic carbocycles. The van der Waals surface area contributed by atoms with Gasteiger partial charge in [-0.1, -0.05) is 23.7 Å². The van der Waals surface area contributed by atoms with Crippen LogP contribution in [0.2, 0.25) is 5.02 Å². The van der Waals surface area contributed by atoms with E-state index in [1.54, 1.807) is 18.2 Å². The van der Waals surface area contributed by atoms with Crippen molar-refractivity contribution >= 4 is 23.3 Å². The number of carboxylic acids is 1. The van der Waals surface area contributed by atoms with Gasteiger partial charge in [-0.05, 0) is 42.8 Å². The number of anilines is 1. The largest absolute Gasteiger partial charge is 0.489 e. The van der Waals surface area contributed by atoms with Crippen molar-refractivity contribution in [1.82, 2.24) is 0 Å². The summed E-state index contributed by atoms with van der Waals surface area (Å²) in [7, 11) is 0. The summed E-state index contributed by atoms with van der Waals surface area (Å²) in [5, 5.41) is 9.89. The van der Waals surface area contributed by atoms with E-state index in [4.69, 9.17) is 16.3 Å². The van der Waals surface area contributed by atoms with Crippen molar-refractivity contribution < 1.29 is 14.6 Å². The minimum Gasteiger partial charge on any atom is -0.489 e. The normalized spacial score (nSPS) is 16.8. The molecule has 1 N–H and O–H groups in total. The number of ether oxygens (including phenoxy) is 1. The Morgan fingerprint density at radius 1 is 1.32 bits per heavy atom. The van der Waals surface area contributed by atoms with E-state index in [2.05, 4.69) is 11.8 Å². The monoisotopic (exact) mass is 317 g/mol. The number of hydrogen-bond acceptors (Lipinski definition) is 3. The molecular weight excluding hydrogens is 302 g/mol. The predicted molar refractivity (Wildman–Crippen MR) is 86.0 cm³/mol. The molecule has 0 saturated carbocycles. The van der Waals surface area contributed by atoms with Gasteiger partial charge in [0.1, 0.15) is 12.4 Å². The minimum absolute atomic E-state index is 0.159. The van der Waals surface area contributed by atoms with E-state index in [0.29, 0.717) is 18.2 Å². The Bertz CT molecular complexity index is 700. The summed E-state index contributed by atoms with van der Waals surface area (Å²) in [5.74, 6) is -0.218. The van der Waals surface area contributed by atoms with Crippen molar-refractivity contribution in [3.63, 3.8) is 0 Å². The summed E-state index contributed by atoms with van der Waals surface area (Å²) in [6.45, 7) is 3.32. The Morgan fingerprint density at radius 2 is 2.05 bits per heavy atom. The molecule has 3 rings (SSSR count). The zero-order chi connectivity index (χ0) is 15.7. The highest BCUT2D eigenvalue weighted by molar-refractivity contribution is 6.30. The lowest BCUT2D eigenvalue weighted by atomic mass is 10.1. The molecular formula is C17H16ClNO3. The SMILES string of the molecule is C[C@@H]1COc2ccc(C(=O)O)cc2N1Cc1ccc(Cl)cc1. The average molecular weight is 318 g/mol. The number of benzene rings is 2. The maximum Gasteiger partial charge on any atom is 0.335 e. The first-order valence-corrected chi connectivity index (χ1v) is 7.43. The van der Waals surface area contributed by atoms with Crippen molar-refractivity contribution in [2.24, 2.45) is 0 Å². The van der Waals surface area contributed by atoms with E-state index in [0.717, 1.165) is 17.0 Å². The molecule has 1 heterocycles. The van der Waals surface area contributed by atoms with Crippen LogP contribution in [-0.4, -0.2) is 23.7 Å². The molecule has 0 amide bonds. The van der Waals surface area contributed by atoms with Crippen LogP contribution in [0.15, 0.2) is 42.5 Å². The van der Waals surface area contributed by atoms with Crippen molar-refractivity contribution in [3.05, 3.63) is 58.6 Å². The second-order valence-electron chi connectivity index (χ2n) is 5.40. The summed E-state index contributed by atoms with van der Waals surface area (Å²) in [6, 6.07) is 12.8. The van der Waals surface area contributed by atoms with Crippen LogP contribution in [0.25, 0.3) is 0 Å². The fourth-order valence-electron chi connectivity index (χ4n) is 2.56. The molecule has 0 unspecified atom stereocenters. The van der Waals surface area contributed by atoms with Gasteiger partial charge in [-0.15, -0.1) is 0 Å². The lowest BCUT2D eigenvalue weighted by molar-refractivity contribution is 0.0697. The second kappa shape index (κ2) is 5.89. The van der Waals surface area contributed by atoms with Gasteiger partial charge in [0.25, 0.3) is 0 Å². The highest BCUT2D eigenvalue weighted by Crippen LogP contribution is 2.35. The predicted octanol–water partition coefficient (Wildman–Crippen LogP) is 3.83. The van der Waals surface area contributed by atoms with Gasteiger partial charge in [0.05, 0.1) is 17.3 Å². The van der Waals surface area contributed by atoms with E-state index >= 15 is 0 Å². The van der Waals surface area contributed by atoms with Gasteiger partial charge in [-0.2, -0.15) is 0 Å². The van der Waals surface area contributed by atoms with Crippen LogP contribution in [0.3, 0.4) is 0 Å². The molecule has 2 aromatic carbocycles. The third-order valence-electron chi connectivity index (χ3n) is 3.79. The first-order chi connectivity index (χ1) is 10.5. The van der Waals surface area contributed by atoms with Crippen LogP contribution in [0.4, 0.5) is 5.69 Å². The van der Waals surface area contributed by atoms with Crippen LogP contribution in [0.1, 0.15) is 22.8 Å². The lowest BCUT2D eigenvalue weighted by Crippen LogP contribution is -2.40. The standard InChI is InChI=1S/C17H16ClNO3/c1-11-10-22-16-7-4-13(17(20)21)8-15(16)19(11)9-12-2-5-14(18)6-3-12/h2-8,11H,9-10H2,1H3,(H,20,21)/t11-/m1/s1. The molecule has 0 fully saturated rings. The van der Waals surface area contributed by atoms with Crippen LogP contribution in [0.5, 0.6) is 5.75 Å². The van der Waals surface area contributed by atoms with Gasteiger partial charge in [-0.25, -0.2) is 4.79 Å². The molecule has 1 aliphatic rings. The molecule has 4 nitrogen and oxygen atoms in total. The topological polar surface area (TPSA) is 49.8 Å². The third-order valence-corrected chi connectivity index (χ3v) is 4.05. The van der Waals surface area contributed by atoms with Gasteiger partial charge in [0.2, 0.25) is 0 Å². The molecule has 0 radical (unpaired) electrons. The highest BCUT2D eigenvalue weighted by Gasteiger charge is 2.25. The highest BCUT2D eigenvalue weighted by atomic mass is 35.5. The van der Waals surface area contributed by atoms with Crippen LogP contribution < -0.4 is 9.64 Å². The van der Waals surface area contributed by atoms with Gasteiger partial charge < -0.3 is 14.7 Å². The molecule has 0 bridgehead atoms. The second-order valence-corrected chi connectivity index (χ2v) is 5.84. The number of nitrogens with zero attached hydrogens (tertiary/aromatic N) is 1. The Hall–Kier alpha value is -2.20. The summed E-state index contributed by atoms with van der Waals surface area (Å²) in [5.41, 5.74) is 2.19. The van der Waals surface area contributed by atoms with Crippen molar-refractivity contribution in [2.45, 2.75) is 19.5 Å². The van der Waals surface area contributed by atoms with E-state index in [-0.39, 0.29) is 11.6 Å². The fraction of sp³-hybridized carbons (Fsp3) is 0.235. The van der Waals surface area contributed by atoms with Crippen molar-refractivity contribution in [2.75, 3.05) is 11.5 Å². The molecule has 0 spiro atoms. The van der Waals surface area contributed by atoms with E-state index in [1.165, 1.54) is 0 Å². The molecule has 1 aliphatic heterocycles. The van der Waals surface area contributed by atoms with E-state index in [9.17, 15) is 9.90 Å². The van der Waals surface area contributed by atoms with E-state index in [1.807, 2.05) is 24.3 Å². The number of rotatable bonds is 3. The third kappa shape index (κ3) is 2.88. The fourth-order valence-corrected chi connectivity index (χ4v) is 2.69. The molecule has 22 heavy (non-hydrogen) atoms. The van der Waals surface area contributed by atoms with Crippen LogP contribution in [-0.2, 0) is 6.54 Å². The molecule has 0 aromatic heterocycles. The Labute approximate surface area is 133 Å². The van der Waals surface area contributed by atoms with E-state index < -0.39 is 5.97 Å². The number of carbonyl (C=O) groups is 1. The quantitative estimate of drug-likeness (QED) is 0.934. The van der Waals surface area contributed by atoms with Gasteiger partial charge in [0, 0.05) is 11.6 Å². The summed E-state index contributed by atoms with van der Waals surface area (Å²) < 4.78 is 5.70. The Morgan fingerprint density at radius 3 is 2.73 bits per heavy atom. The number of hydrogen-bond donors (Lipinski definition) is 1. The van der Waals surface area contributed by atoms with Gasteiger partial charge >= 0.3 is 5.97 Å². The smallest absolute Gasteiger partial charge is 0.335 e. The Balaban J connectivity index is 1.95. The first kappa shape index (κ1) is 14.7.